The van der Waals surface area contributed by atoms with E-state index in [2.05, 4.69) is 21.4 Å². The molecule has 0 fully saturated rings. The lowest BCUT2D eigenvalue weighted by atomic mass is 10.1. The van der Waals surface area contributed by atoms with Crippen LogP contribution in [-0.2, 0) is 4.57 Å². The van der Waals surface area contributed by atoms with Gasteiger partial charge in [-0.3, -0.25) is 15.8 Å². The fraction of sp³-hybridized carbons (Fsp3) is 0.250. The molecule has 1 aromatic rings. The largest absolute Gasteiger partial charge is 0.327 e. The van der Waals surface area contributed by atoms with E-state index in [9.17, 15) is 4.57 Å². The smallest absolute Gasteiger partial charge is 0.324 e. The van der Waals surface area contributed by atoms with Crippen molar-refractivity contribution in [1.82, 2.24) is 5.43 Å². The van der Waals surface area contributed by atoms with Crippen LogP contribution in [-0.4, -0.2) is 15.9 Å². The molecular formula is C8H12BrN2O3P. The first-order valence-electron chi connectivity index (χ1n) is 4.18. The third-order valence-corrected chi connectivity index (χ3v) is 3.26. The van der Waals surface area contributed by atoms with Crippen LogP contribution in [0, 0.1) is 0 Å². The average Bonchev–Trinajstić information content (AvgIpc) is 2.14. The highest BCUT2D eigenvalue weighted by molar-refractivity contribution is 9.10. The molecule has 0 aliphatic rings. The Balaban J connectivity index is 2.83. The Morgan fingerprint density at radius 3 is 2.33 bits per heavy atom. The average molecular weight is 295 g/mol. The minimum atomic E-state index is -4.07. The van der Waals surface area contributed by atoms with E-state index >= 15 is 0 Å². The molecule has 84 valence electrons. The zero-order valence-corrected chi connectivity index (χ0v) is 10.3. The number of rotatable bonds is 4. The van der Waals surface area contributed by atoms with Gasteiger partial charge in [0.15, 0.2) is 0 Å². The van der Waals surface area contributed by atoms with E-state index in [1.807, 2.05) is 0 Å². The van der Waals surface area contributed by atoms with Crippen molar-refractivity contribution in [1.29, 1.82) is 0 Å². The minimum Gasteiger partial charge on any atom is -0.324 e. The molecule has 0 bridgehead atoms. The lowest BCUT2D eigenvalue weighted by Crippen LogP contribution is -2.30. The molecule has 1 rings (SSSR count). The molecule has 0 aliphatic carbocycles. The Morgan fingerprint density at radius 1 is 1.40 bits per heavy atom. The van der Waals surface area contributed by atoms with E-state index in [0.29, 0.717) is 0 Å². The second-order valence-electron chi connectivity index (χ2n) is 3.12. The first kappa shape index (κ1) is 12.8. The van der Waals surface area contributed by atoms with Crippen molar-refractivity contribution in [2.75, 3.05) is 6.16 Å². The number of nitrogens with one attached hydrogen (secondary N) is 1. The van der Waals surface area contributed by atoms with Gasteiger partial charge in [0, 0.05) is 4.47 Å². The van der Waals surface area contributed by atoms with Gasteiger partial charge >= 0.3 is 7.60 Å². The summed E-state index contributed by atoms with van der Waals surface area (Å²) >= 11 is 3.27. The topological polar surface area (TPSA) is 95.6 Å². The maximum atomic E-state index is 10.8. The molecule has 5 nitrogen and oxygen atoms in total. The molecular weight excluding hydrogens is 283 g/mol. The van der Waals surface area contributed by atoms with Crippen molar-refractivity contribution in [2.45, 2.75) is 6.04 Å². The summed E-state index contributed by atoms with van der Waals surface area (Å²) < 4.78 is 11.7. The predicted molar refractivity (Wildman–Crippen MR) is 61.1 cm³/mol. The van der Waals surface area contributed by atoms with Gasteiger partial charge in [0.05, 0.1) is 12.2 Å². The molecule has 5 N–H and O–H groups in total. The third kappa shape index (κ3) is 4.42. The fourth-order valence-corrected chi connectivity index (χ4v) is 2.24. The monoisotopic (exact) mass is 294 g/mol. The summed E-state index contributed by atoms with van der Waals surface area (Å²) in [6, 6.07) is 6.55. The fourth-order valence-electron chi connectivity index (χ4n) is 1.19. The molecule has 0 radical (unpaired) electrons. The van der Waals surface area contributed by atoms with Crippen LogP contribution in [0.2, 0.25) is 0 Å². The normalized spacial score (nSPS) is 13.9. The highest BCUT2D eigenvalue weighted by Crippen LogP contribution is 2.38. The number of hydrazine groups is 1. The molecule has 7 heteroatoms. The van der Waals surface area contributed by atoms with E-state index < -0.39 is 13.6 Å². The van der Waals surface area contributed by atoms with Crippen LogP contribution in [0.4, 0.5) is 0 Å². The number of halogens is 1. The molecule has 0 saturated heterocycles. The van der Waals surface area contributed by atoms with E-state index in [1.54, 1.807) is 24.3 Å². The highest BCUT2D eigenvalue weighted by atomic mass is 79.9. The van der Waals surface area contributed by atoms with E-state index in [-0.39, 0.29) is 6.16 Å². The maximum absolute atomic E-state index is 10.8. The van der Waals surface area contributed by atoms with Crippen molar-refractivity contribution in [3.8, 4) is 0 Å². The van der Waals surface area contributed by atoms with E-state index in [4.69, 9.17) is 15.6 Å². The first-order valence-corrected chi connectivity index (χ1v) is 6.77. The molecule has 0 spiro atoms. The molecule has 15 heavy (non-hydrogen) atoms. The summed E-state index contributed by atoms with van der Waals surface area (Å²) in [4.78, 5) is 17.7. The van der Waals surface area contributed by atoms with Gasteiger partial charge < -0.3 is 9.79 Å². The van der Waals surface area contributed by atoms with Gasteiger partial charge in [-0.1, -0.05) is 28.1 Å². The molecule has 0 amide bonds. The number of hydrogen-bond donors (Lipinski definition) is 4. The highest BCUT2D eigenvalue weighted by Gasteiger charge is 2.21. The van der Waals surface area contributed by atoms with Gasteiger partial charge in [0.1, 0.15) is 0 Å². The van der Waals surface area contributed by atoms with Crippen molar-refractivity contribution >= 4 is 23.5 Å². The van der Waals surface area contributed by atoms with Crippen molar-refractivity contribution in [3.05, 3.63) is 34.3 Å². The van der Waals surface area contributed by atoms with Crippen LogP contribution in [0.5, 0.6) is 0 Å². The summed E-state index contributed by atoms with van der Waals surface area (Å²) in [5.74, 6) is 5.24. The SMILES string of the molecule is NNC(CP(=O)(O)O)c1ccc(Br)cc1. The summed E-state index contributed by atoms with van der Waals surface area (Å²) in [5.41, 5.74) is 3.13. The van der Waals surface area contributed by atoms with Gasteiger partial charge in [0.25, 0.3) is 0 Å². The Labute approximate surface area is 95.9 Å². The number of benzene rings is 1. The quantitative estimate of drug-likeness (QED) is 0.379. The Hall–Kier alpha value is -0.230. The van der Waals surface area contributed by atoms with Crippen molar-refractivity contribution in [2.24, 2.45) is 5.84 Å². The third-order valence-electron chi connectivity index (χ3n) is 1.89. The predicted octanol–water partition coefficient (Wildman–Crippen LogP) is 1.13. The van der Waals surface area contributed by atoms with Crippen LogP contribution >= 0.6 is 23.5 Å². The summed E-state index contributed by atoms with van der Waals surface area (Å²) in [6.45, 7) is 0. The zero-order chi connectivity index (χ0) is 11.5. The maximum Gasteiger partial charge on any atom is 0.327 e. The van der Waals surface area contributed by atoms with Crippen LogP contribution in [0.3, 0.4) is 0 Å². The Morgan fingerprint density at radius 2 is 1.93 bits per heavy atom. The first-order chi connectivity index (χ1) is 6.92. The van der Waals surface area contributed by atoms with Gasteiger partial charge in [0.2, 0.25) is 0 Å². The van der Waals surface area contributed by atoms with Gasteiger partial charge in [-0.05, 0) is 17.7 Å². The molecule has 1 atom stereocenters. The van der Waals surface area contributed by atoms with Crippen LogP contribution in [0.25, 0.3) is 0 Å². The van der Waals surface area contributed by atoms with Gasteiger partial charge in [-0.25, -0.2) is 0 Å². The molecule has 0 aromatic heterocycles. The lowest BCUT2D eigenvalue weighted by Gasteiger charge is -2.16. The molecule has 1 aromatic carbocycles. The minimum absolute atomic E-state index is 0.314. The molecule has 1 unspecified atom stereocenters. The summed E-state index contributed by atoms with van der Waals surface area (Å²) in [5, 5.41) is 0. The lowest BCUT2D eigenvalue weighted by molar-refractivity contribution is 0.364. The Kier molecular flexibility index (Phi) is 4.45. The summed E-state index contributed by atoms with van der Waals surface area (Å²) in [6.07, 6.45) is -0.314. The Bertz CT molecular complexity index is 365. The van der Waals surface area contributed by atoms with Gasteiger partial charge in [-0.2, -0.15) is 0 Å². The summed E-state index contributed by atoms with van der Waals surface area (Å²) in [7, 11) is -4.07. The van der Waals surface area contributed by atoms with Crippen LogP contribution in [0.15, 0.2) is 28.7 Å². The number of hydrogen-bond acceptors (Lipinski definition) is 3. The van der Waals surface area contributed by atoms with Crippen molar-refractivity contribution < 1.29 is 14.4 Å². The van der Waals surface area contributed by atoms with Crippen molar-refractivity contribution in [3.63, 3.8) is 0 Å². The number of nitrogens with two attached hydrogens (primary N) is 1. The van der Waals surface area contributed by atoms with Crippen LogP contribution < -0.4 is 11.3 Å². The van der Waals surface area contributed by atoms with E-state index in [0.717, 1.165) is 10.0 Å². The second kappa shape index (κ2) is 5.21. The standard InChI is InChI=1S/C8H12BrN2O3P/c9-7-3-1-6(2-4-7)8(11-10)5-15(12,13)14/h1-4,8,11H,5,10H2,(H2,12,13,14). The van der Waals surface area contributed by atoms with E-state index in [1.165, 1.54) is 0 Å². The zero-order valence-electron chi connectivity index (χ0n) is 7.80. The second-order valence-corrected chi connectivity index (χ2v) is 5.73. The molecule has 0 heterocycles. The molecule has 0 aliphatic heterocycles. The molecule has 0 saturated carbocycles. The van der Waals surface area contributed by atoms with Gasteiger partial charge in [-0.15, -0.1) is 0 Å². The van der Waals surface area contributed by atoms with Crippen LogP contribution in [0.1, 0.15) is 11.6 Å².